The summed E-state index contributed by atoms with van der Waals surface area (Å²) in [6.07, 6.45) is 1.52. The Bertz CT molecular complexity index is 402. The molecule has 1 fully saturated rings. The van der Waals surface area contributed by atoms with Crippen molar-refractivity contribution < 1.29 is 14.2 Å². The average Bonchev–Trinajstić information content (AvgIpc) is 2.23. The van der Waals surface area contributed by atoms with Gasteiger partial charge in [-0.2, -0.15) is 0 Å². The van der Waals surface area contributed by atoms with Gasteiger partial charge in [0.1, 0.15) is 5.82 Å². The molecule has 1 aromatic carbocycles. The second-order valence-corrected chi connectivity index (χ2v) is 5.01. The van der Waals surface area contributed by atoms with Gasteiger partial charge in [0.05, 0.1) is 16.7 Å². The number of aliphatic hydroxyl groups is 1. The van der Waals surface area contributed by atoms with E-state index in [4.69, 9.17) is 16.3 Å². The van der Waals surface area contributed by atoms with Gasteiger partial charge in [-0.3, -0.25) is 0 Å². The van der Waals surface area contributed by atoms with Crippen LogP contribution in [0.1, 0.15) is 25.3 Å². The standard InChI is InChI=1S/C13H16ClFO2/c1-2-17-10-7-13(16,8-10)6-9-4-3-5-11(14)12(9)15/h3-5,10,16H,2,6-8H2,1H3. The van der Waals surface area contributed by atoms with Gasteiger partial charge in [-0.1, -0.05) is 23.7 Å². The first-order valence-corrected chi connectivity index (χ1v) is 6.19. The fraction of sp³-hybridized carbons (Fsp3) is 0.538. The van der Waals surface area contributed by atoms with E-state index < -0.39 is 11.4 Å². The van der Waals surface area contributed by atoms with Crippen LogP contribution in [0.25, 0.3) is 0 Å². The molecule has 94 valence electrons. The molecular formula is C13H16ClFO2. The summed E-state index contributed by atoms with van der Waals surface area (Å²) < 4.78 is 19.0. The Labute approximate surface area is 105 Å². The van der Waals surface area contributed by atoms with Crippen LogP contribution in [-0.2, 0) is 11.2 Å². The van der Waals surface area contributed by atoms with Crippen molar-refractivity contribution in [3.05, 3.63) is 34.6 Å². The lowest BCUT2D eigenvalue weighted by Gasteiger charge is -2.43. The molecule has 0 bridgehead atoms. The Morgan fingerprint density at radius 1 is 1.53 bits per heavy atom. The van der Waals surface area contributed by atoms with Crippen LogP contribution in [0.15, 0.2) is 18.2 Å². The van der Waals surface area contributed by atoms with Crippen LogP contribution >= 0.6 is 11.6 Å². The summed E-state index contributed by atoms with van der Waals surface area (Å²) in [4.78, 5) is 0. The van der Waals surface area contributed by atoms with Crippen molar-refractivity contribution in [1.82, 2.24) is 0 Å². The van der Waals surface area contributed by atoms with E-state index in [0.717, 1.165) is 0 Å². The lowest BCUT2D eigenvalue weighted by molar-refractivity contribution is -0.136. The summed E-state index contributed by atoms with van der Waals surface area (Å²) in [6, 6.07) is 4.87. The van der Waals surface area contributed by atoms with E-state index in [1.807, 2.05) is 6.92 Å². The maximum Gasteiger partial charge on any atom is 0.145 e. The predicted octanol–water partition coefficient (Wildman–Crippen LogP) is 2.95. The van der Waals surface area contributed by atoms with Gasteiger partial charge in [0.2, 0.25) is 0 Å². The molecule has 2 rings (SSSR count). The Hall–Kier alpha value is -0.640. The Morgan fingerprint density at radius 3 is 2.88 bits per heavy atom. The Balaban J connectivity index is 2.00. The highest BCUT2D eigenvalue weighted by Gasteiger charge is 2.43. The molecule has 0 atom stereocenters. The summed E-state index contributed by atoms with van der Waals surface area (Å²) in [5.74, 6) is -0.428. The van der Waals surface area contributed by atoms with Gasteiger partial charge >= 0.3 is 0 Å². The first kappa shape index (κ1) is 12.8. The average molecular weight is 259 g/mol. The van der Waals surface area contributed by atoms with Crippen LogP contribution in [0, 0.1) is 5.82 Å². The zero-order valence-corrected chi connectivity index (χ0v) is 10.5. The third-order valence-corrected chi connectivity index (χ3v) is 3.46. The molecule has 0 radical (unpaired) electrons. The molecule has 0 saturated heterocycles. The number of ether oxygens (including phenoxy) is 1. The molecule has 4 heteroatoms. The third-order valence-electron chi connectivity index (χ3n) is 3.17. The van der Waals surface area contributed by atoms with Crippen LogP contribution in [-0.4, -0.2) is 23.4 Å². The highest BCUT2D eigenvalue weighted by molar-refractivity contribution is 6.30. The van der Waals surface area contributed by atoms with E-state index in [1.165, 1.54) is 6.07 Å². The van der Waals surface area contributed by atoms with Gasteiger partial charge in [0.25, 0.3) is 0 Å². The molecule has 0 amide bonds. The van der Waals surface area contributed by atoms with Crippen molar-refractivity contribution in [1.29, 1.82) is 0 Å². The normalized spacial score (nSPS) is 27.9. The van der Waals surface area contributed by atoms with Crippen LogP contribution < -0.4 is 0 Å². The van der Waals surface area contributed by atoms with E-state index in [2.05, 4.69) is 0 Å². The summed E-state index contributed by atoms with van der Waals surface area (Å²) >= 11 is 5.70. The molecular weight excluding hydrogens is 243 g/mol. The minimum Gasteiger partial charge on any atom is -0.389 e. The number of hydrogen-bond donors (Lipinski definition) is 1. The Kier molecular flexibility index (Phi) is 3.71. The lowest BCUT2D eigenvalue weighted by Crippen LogP contribution is -2.50. The molecule has 0 aromatic heterocycles. The lowest BCUT2D eigenvalue weighted by atomic mass is 9.73. The van der Waals surface area contributed by atoms with E-state index in [-0.39, 0.29) is 11.1 Å². The highest BCUT2D eigenvalue weighted by atomic mass is 35.5. The number of rotatable bonds is 4. The first-order valence-electron chi connectivity index (χ1n) is 5.81. The van der Waals surface area contributed by atoms with Crippen LogP contribution in [0.5, 0.6) is 0 Å². The van der Waals surface area contributed by atoms with Crippen molar-refractivity contribution in [2.75, 3.05) is 6.61 Å². The number of halogens is 2. The van der Waals surface area contributed by atoms with E-state index >= 15 is 0 Å². The summed E-state index contributed by atoms with van der Waals surface area (Å²) in [7, 11) is 0. The second-order valence-electron chi connectivity index (χ2n) is 4.60. The van der Waals surface area contributed by atoms with Gasteiger partial charge in [-0.15, -0.1) is 0 Å². The molecule has 1 aromatic rings. The van der Waals surface area contributed by atoms with Gasteiger partial charge in [-0.05, 0) is 18.6 Å². The Morgan fingerprint density at radius 2 is 2.24 bits per heavy atom. The maximum atomic E-state index is 13.7. The monoisotopic (exact) mass is 258 g/mol. The number of hydrogen-bond acceptors (Lipinski definition) is 2. The van der Waals surface area contributed by atoms with Gasteiger partial charge in [0.15, 0.2) is 0 Å². The highest BCUT2D eigenvalue weighted by Crippen LogP contribution is 2.38. The molecule has 0 unspecified atom stereocenters. The largest absolute Gasteiger partial charge is 0.389 e. The van der Waals surface area contributed by atoms with E-state index in [9.17, 15) is 9.50 Å². The number of benzene rings is 1. The summed E-state index contributed by atoms with van der Waals surface area (Å²) in [6.45, 7) is 2.57. The van der Waals surface area contributed by atoms with Crippen LogP contribution in [0.2, 0.25) is 5.02 Å². The van der Waals surface area contributed by atoms with Crippen molar-refractivity contribution in [2.24, 2.45) is 0 Å². The molecule has 0 spiro atoms. The van der Waals surface area contributed by atoms with E-state index in [1.54, 1.807) is 12.1 Å². The molecule has 0 heterocycles. The molecule has 1 saturated carbocycles. The van der Waals surface area contributed by atoms with Gasteiger partial charge in [0, 0.05) is 25.9 Å². The minimum atomic E-state index is -0.842. The summed E-state index contributed by atoms with van der Waals surface area (Å²) in [5, 5.41) is 10.3. The fourth-order valence-corrected chi connectivity index (χ4v) is 2.52. The van der Waals surface area contributed by atoms with Crippen molar-refractivity contribution in [3.8, 4) is 0 Å². The molecule has 1 aliphatic rings. The van der Waals surface area contributed by atoms with Crippen molar-refractivity contribution >= 4 is 11.6 Å². The molecule has 1 N–H and O–H groups in total. The molecule has 2 nitrogen and oxygen atoms in total. The maximum absolute atomic E-state index is 13.7. The SMILES string of the molecule is CCOC1CC(O)(Cc2cccc(Cl)c2F)C1. The zero-order valence-electron chi connectivity index (χ0n) is 9.75. The van der Waals surface area contributed by atoms with Gasteiger partial charge in [-0.25, -0.2) is 4.39 Å². The van der Waals surface area contributed by atoms with Crippen molar-refractivity contribution in [2.45, 2.75) is 37.9 Å². The van der Waals surface area contributed by atoms with Crippen LogP contribution in [0.3, 0.4) is 0 Å². The zero-order chi connectivity index (χ0) is 12.5. The molecule has 17 heavy (non-hydrogen) atoms. The summed E-state index contributed by atoms with van der Waals surface area (Å²) in [5.41, 5.74) is -0.374. The van der Waals surface area contributed by atoms with E-state index in [0.29, 0.717) is 31.4 Å². The molecule has 0 aliphatic heterocycles. The predicted molar refractivity (Wildman–Crippen MR) is 64.7 cm³/mol. The third kappa shape index (κ3) is 2.79. The second kappa shape index (κ2) is 4.92. The van der Waals surface area contributed by atoms with Crippen molar-refractivity contribution in [3.63, 3.8) is 0 Å². The fourth-order valence-electron chi connectivity index (χ4n) is 2.33. The topological polar surface area (TPSA) is 29.5 Å². The molecule has 1 aliphatic carbocycles. The first-order chi connectivity index (χ1) is 8.04. The smallest absolute Gasteiger partial charge is 0.145 e. The quantitative estimate of drug-likeness (QED) is 0.900. The minimum absolute atomic E-state index is 0.104. The van der Waals surface area contributed by atoms with Crippen LogP contribution in [0.4, 0.5) is 4.39 Å². The van der Waals surface area contributed by atoms with Gasteiger partial charge < -0.3 is 9.84 Å².